The average Bonchev–Trinajstić information content (AvgIpc) is 2.78. The molecule has 0 saturated carbocycles. The van der Waals surface area contributed by atoms with Gasteiger partial charge in [-0.2, -0.15) is 0 Å². The van der Waals surface area contributed by atoms with Crippen LogP contribution in [0.25, 0.3) is 5.69 Å². The van der Waals surface area contributed by atoms with Gasteiger partial charge in [0, 0.05) is 0 Å². The number of benzene rings is 1. The molecule has 0 spiro atoms. The van der Waals surface area contributed by atoms with E-state index < -0.39 is 4.92 Å². The number of nitrogens with zero attached hydrogens (tertiary/aromatic N) is 3. The zero-order chi connectivity index (χ0) is 11.5. The Bertz CT molecular complexity index is 522. The van der Waals surface area contributed by atoms with Crippen molar-refractivity contribution in [2.75, 3.05) is 7.11 Å². The van der Waals surface area contributed by atoms with Gasteiger partial charge in [0.2, 0.25) is 6.33 Å². The molecule has 0 bridgehead atoms. The Labute approximate surface area is 91.3 Å². The van der Waals surface area contributed by atoms with E-state index in [1.165, 1.54) is 12.5 Å². The van der Waals surface area contributed by atoms with Gasteiger partial charge in [0.25, 0.3) is 0 Å². The maximum absolute atomic E-state index is 10.5. The zero-order valence-corrected chi connectivity index (χ0v) is 8.53. The van der Waals surface area contributed by atoms with Gasteiger partial charge in [-0.3, -0.25) is 4.57 Å². The first-order valence-corrected chi connectivity index (χ1v) is 4.54. The van der Waals surface area contributed by atoms with Crippen LogP contribution in [0.2, 0.25) is 0 Å². The smallest absolute Gasteiger partial charge is 0.381 e. The molecule has 0 aliphatic rings. The van der Waals surface area contributed by atoms with Crippen LogP contribution < -0.4 is 4.74 Å². The number of methoxy groups -OCH3 is 1. The topological polar surface area (TPSA) is 70.2 Å². The third-order valence-corrected chi connectivity index (χ3v) is 2.12. The van der Waals surface area contributed by atoms with Crippen molar-refractivity contribution in [2.24, 2.45) is 0 Å². The summed E-state index contributed by atoms with van der Waals surface area (Å²) in [6, 6.07) is 7.22. The monoisotopic (exact) mass is 219 g/mol. The Hall–Kier alpha value is -2.37. The molecule has 0 fully saturated rings. The first-order chi connectivity index (χ1) is 7.72. The Balaban J connectivity index is 2.46. The van der Waals surface area contributed by atoms with Crippen LogP contribution in [-0.4, -0.2) is 21.6 Å². The maximum atomic E-state index is 10.5. The molecule has 0 aliphatic carbocycles. The lowest BCUT2D eigenvalue weighted by Crippen LogP contribution is -1.94. The number of hydrogen-bond donors (Lipinski definition) is 0. The molecule has 1 heterocycles. The van der Waals surface area contributed by atoms with Gasteiger partial charge in [0.1, 0.15) is 11.9 Å². The van der Waals surface area contributed by atoms with E-state index in [0.717, 1.165) is 0 Å². The summed E-state index contributed by atoms with van der Waals surface area (Å²) < 4.78 is 6.70. The molecular formula is C10H9N3O3. The minimum atomic E-state index is -0.536. The normalized spacial score (nSPS) is 10.1. The first kappa shape index (κ1) is 10.2. The van der Waals surface area contributed by atoms with Crippen LogP contribution in [0.4, 0.5) is 5.82 Å². The summed E-state index contributed by atoms with van der Waals surface area (Å²) >= 11 is 0. The van der Waals surface area contributed by atoms with Crippen molar-refractivity contribution >= 4 is 5.82 Å². The van der Waals surface area contributed by atoms with Gasteiger partial charge in [-0.15, -0.1) is 0 Å². The number of ether oxygens (including phenoxy) is 1. The van der Waals surface area contributed by atoms with Crippen molar-refractivity contribution in [3.63, 3.8) is 0 Å². The fraction of sp³-hybridized carbons (Fsp3) is 0.100. The molecule has 1 aromatic heterocycles. The molecule has 6 nitrogen and oxygen atoms in total. The van der Waals surface area contributed by atoms with Crippen molar-refractivity contribution in [1.29, 1.82) is 0 Å². The van der Waals surface area contributed by atoms with Crippen LogP contribution >= 0.6 is 0 Å². The Morgan fingerprint density at radius 2 is 2.19 bits per heavy atom. The third kappa shape index (κ3) is 1.72. The van der Waals surface area contributed by atoms with E-state index in [-0.39, 0.29) is 5.82 Å². The molecule has 0 radical (unpaired) electrons. The molecule has 0 aliphatic heterocycles. The summed E-state index contributed by atoms with van der Waals surface area (Å²) in [7, 11) is 1.55. The van der Waals surface area contributed by atoms with E-state index in [0.29, 0.717) is 11.4 Å². The molecule has 0 N–H and O–H groups in total. The van der Waals surface area contributed by atoms with E-state index in [1.807, 2.05) is 12.1 Å². The number of rotatable bonds is 3. The van der Waals surface area contributed by atoms with E-state index in [9.17, 15) is 10.1 Å². The highest BCUT2D eigenvalue weighted by Crippen LogP contribution is 2.23. The molecule has 0 saturated heterocycles. The van der Waals surface area contributed by atoms with E-state index in [2.05, 4.69) is 4.98 Å². The third-order valence-electron chi connectivity index (χ3n) is 2.12. The summed E-state index contributed by atoms with van der Waals surface area (Å²) in [5.41, 5.74) is 0.714. The average molecular weight is 219 g/mol. The van der Waals surface area contributed by atoms with E-state index in [1.54, 1.807) is 23.8 Å². The number of para-hydroxylation sites is 2. The second-order valence-electron chi connectivity index (χ2n) is 3.07. The van der Waals surface area contributed by atoms with Crippen LogP contribution in [0.3, 0.4) is 0 Å². The van der Waals surface area contributed by atoms with Crippen molar-refractivity contribution in [3.05, 3.63) is 46.9 Å². The SMILES string of the molecule is COc1ccccc1-n1cnc([N+](=O)[O-])c1. The van der Waals surface area contributed by atoms with Crippen LogP contribution in [0.5, 0.6) is 5.75 Å². The van der Waals surface area contributed by atoms with Crippen molar-refractivity contribution in [1.82, 2.24) is 9.55 Å². The lowest BCUT2D eigenvalue weighted by molar-refractivity contribution is -0.389. The van der Waals surface area contributed by atoms with Gasteiger partial charge in [-0.1, -0.05) is 12.1 Å². The van der Waals surface area contributed by atoms with Gasteiger partial charge in [0.05, 0.1) is 12.8 Å². The van der Waals surface area contributed by atoms with Gasteiger partial charge >= 0.3 is 5.82 Å². The highest BCUT2D eigenvalue weighted by molar-refractivity contribution is 5.47. The van der Waals surface area contributed by atoms with Gasteiger partial charge in [-0.25, -0.2) is 0 Å². The quantitative estimate of drug-likeness (QED) is 0.582. The van der Waals surface area contributed by atoms with Crippen molar-refractivity contribution < 1.29 is 9.66 Å². The highest BCUT2D eigenvalue weighted by atomic mass is 16.6. The van der Waals surface area contributed by atoms with Gasteiger partial charge in [0.15, 0.2) is 0 Å². The second-order valence-corrected chi connectivity index (χ2v) is 3.07. The van der Waals surface area contributed by atoms with Crippen LogP contribution in [0, 0.1) is 10.1 Å². The first-order valence-electron chi connectivity index (χ1n) is 4.54. The largest absolute Gasteiger partial charge is 0.495 e. The second kappa shape index (κ2) is 4.01. The van der Waals surface area contributed by atoms with E-state index in [4.69, 9.17) is 4.74 Å². The predicted molar refractivity (Wildman–Crippen MR) is 56.8 cm³/mol. The van der Waals surface area contributed by atoms with Gasteiger partial charge in [-0.05, 0) is 22.0 Å². The van der Waals surface area contributed by atoms with Crippen LogP contribution in [0.1, 0.15) is 0 Å². The molecule has 0 atom stereocenters. The lowest BCUT2D eigenvalue weighted by Gasteiger charge is -2.06. The van der Waals surface area contributed by atoms with E-state index >= 15 is 0 Å². The zero-order valence-electron chi connectivity index (χ0n) is 8.53. The summed E-state index contributed by atoms with van der Waals surface area (Å²) in [6.45, 7) is 0. The van der Waals surface area contributed by atoms with Crippen molar-refractivity contribution in [3.8, 4) is 11.4 Å². The molecule has 0 amide bonds. The van der Waals surface area contributed by atoms with Gasteiger partial charge < -0.3 is 14.9 Å². The summed E-state index contributed by atoms with van der Waals surface area (Å²) in [5.74, 6) is 0.445. The Kier molecular flexibility index (Phi) is 2.55. The molecule has 82 valence electrons. The number of aromatic nitrogens is 2. The Morgan fingerprint density at radius 3 is 2.81 bits per heavy atom. The molecular weight excluding hydrogens is 210 g/mol. The molecule has 2 aromatic rings. The fourth-order valence-corrected chi connectivity index (χ4v) is 1.38. The maximum Gasteiger partial charge on any atom is 0.381 e. The lowest BCUT2D eigenvalue weighted by atomic mass is 10.3. The van der Waals surface area contributed by atoms with Crippen LogP contribution in [-0.2, 0) is 0 Å². The minimum absolute atomic E-state index is 0.189. The Morgan fingerprint density at radius 1 is 1.44 bits per heavy atom. The molecule has 16 heavy (non-hydrogen) atoms. The number of nitro groups is 1. The van der Waals surface area contributed by atoms with Crippen LogP contribution in [0.15, 0.2) is 36.8 Å². The highest BCUT2D eigenvalue weighted by Gasteiger charge is 2.12. The molecule has 0 unspecified atom stereocenters. The summed E-state index contributed by atoms with van der Waals surface area (Å²) in [4.78, 5) is 13.6. The standard InChI is InChI=1S/C10H9N3O3/c1-16-9-5-3-2-4-8(9)12-6-10(11-7-12)13(14)15/h2-7H,1H3. The molecule has 1 aromatic carbocycles. The molecule has 2 rings (SSSR count). The summed E-state index contributed by atoms with van der Waals surface area (Å²) in [5, 5.41) is 10.5. The number of imidazole rings is 1. The fourth-order valence-electron chi connectivity index (χ4n) is 1.38. The number of hydrogen-bond acceptors (Lipinski definition) is 4. The summed E-state index contributed by atoms with van der Waals surface area (Å²) in [6.07, 6.45) is 2.73. The molecule has 6 heteroatoms. The minimum Gasteiger partial charge on any atom is -0.495 e. The van der Waals surface area contributed by atoms with Crippen molar-refractivity contribution in [2.45, 2.75) is 0 Å². The predicted octanol–water partition coefficient (Wildman–Crippen LogP) is 1.79.